The molecular formula is C15H27Cl2N3O2S. The lowest BCUT2D eigenvalue weighted by Gasteiger charge is -2.27. The van der Waals surface area contributed by atoms with Crippen LogP contribution < -0.4 is 5.32 Å². The third-order valence-corrected chi connectivity index (χ3v) is 4.77. The average Bonchev–Trinajstić information content (AvgIpc) is 2.96. The second-order valence-corrected chi connectivity index (χ2v) is 6.36. The maximum atomic E-state index is 12.4. The summed E-state index contributed by atoms with van der Waals surface area (Å²) in [6.45, 7) is 6.17. The van der Waals surface area contributed by atoms with Crippen LogP contribution in [-0.2, 0) is 16.1 Å². The van der Waals surface area contributed by atoms with Crippen LogP contribution in [-0.4, -0.2) is 42.0 Å². The molecule has 0 aromatic carbocycles. The highest BCUT2D eigenvalue weighted by atomic mass is 35.5. The van der Waals surface area contributed by atoms with E-state index in [9.17, 15) is 4.79 Å². The summed E-state index contributed by atoms with van der Waals surface area (Å²) in [4.78, 5) is 18.7. The van der Waals surface area contributed by atoms with Crippen molar-refractivity contribution in [2.45, 2.75) is 51.8 Å². The van der Waals surface area contributed by atoms with Crippen molar-refractivity contribution in [3.05, 3.63) is 16.1 Å². The van der Waals surface area contributed by atoms with Crippen molar-refractivity contribution >= 4 is 42.1 Å². The standard InChI is InChI=1S/C15H25N3O2S.2ClH/c1-4-20-11(2)14-17-12(10-21-14)9-18(3)15(19)13-7-5-6-8-16-13;;/h10-11,13,16H,4-9H2,1-3H3;2*1H/t11?,13-;;/m1../s1. The monoisotopic (exact) mass is 383 g/mol. The first-order valence-corrected chi connectivity index (χ1v) is 8.54. The van der Waals surface area contributed by atoms with E-state index in [4.69, 9.17) is 4.74 Å². The van der Waals surface area contributed by atoms with Gasteiger partial charge in [0.1, 0.15) is 11.1 Å². The molecule has 1 unspecified atom stereocenters. The van der Waals surface area contributed by atoms with Crippen molar-refractivity contribution < 1.29 is 9.53 Å². The van der Waals surface area contributed by atoms with E-state index in [1.54, 1.807) is 16.2 Å². The highest BCUT2D eigenvalue weighted by Gasteiger charge is 2.24. The number of ether oxygens (including phenoxy) is 1. The Hall–Kier alpha value is -0.400. The van der Waals surface area contributed by atoms with E-state index < -0.39 is 0 Å². The Bertz CT molecular complexity index is 467. The predicted molar refractivity (Wildman–Crippen MR) is 98.8 cm³/mol. The van der Waals surface area contributed by atoms with Crippen LogP contribution in [0.5, 0.6) is 0 Å². The zero-order valence-corrected chi connectivity index (χ0v) is 16.4. The third kappa shape index (κ3) is 6.55. The number of carbonyl (C=O) groups excluding carboxylic acids is 1. The molecule has 8 heteroatoms. The summed E-state index contributed by atoms with van der Waals surface area (Å²) >= 11 is 1.60. The van der Waals surface area contributed by atoms with Gasteiger partial charge < -0.3 is 15.0 Å². The summed E-state index contributed by atoms with van der Waals surface area (Å²) in [6, 6.07) is -0.0239. The van der Waals surface area contributed by atoms with Crippen molar-refractivity contribution in [2.75, 3.05) is 20.2 Å². The lowest BCUT2D eigenvalue weighted by Crippen LogP contribution is -2.47. The van der Waals surface area contributed by atoms with Gasteiger partial charge in [-0.1, -0.05) is 6.42 Å². The number of carbonyl (C=O) groups is 1. The fraction of sp³-hybridized carbons (Fsp3) is 0.733. The molecule has 134 valence electrons. The minimum Gasteiger partial charge on any atom is -0.372 e. The van der Waals surface area contributed by atoms with E-state index >= 15 is 0 Å². The smallest absolute Gasteiger partial charge is 0.239 e. The average molecular weight is 384 g/mol. The molecule has 2 atom stereocenters. The van der Waals surface area contributed by atoms with Crippen molar-refractivity contribution in [3.8, 4) is 0 Å². The minimum atomic E-state index is -0.0239. The molecule has 1 aromatic heterocycles. The lowest BCUT2D eigenvalue weighted by atomic mass is 10.0. The zero-order valence-electron chi connectivity index (χ0n) is 13.9. The Balaban J connectivity index is 0.00000242. The van der Waals surface area contributed by atoms with Crippen molar-refractivity contribution in [3.63, 3.8) is 0 Å². The van der Waals surface area contributed by atoms with Gasteiger partial charge in [-0.15, -0.1) is 36.2 Å². The molecule has 2 rings (SSSR count). The van der Waals surface area contributed by atoms with Gasteiger partial charge in [0.2, 0.25) is 5.91 Å². The number of amides is 1. The number of halogens is 2. The van der Waals surface area contributed by atoms with Crippen LogP contribution in [0, 0.1) is 0 Å². The normalized spacial score (nSPS) is 18.5. The molecule has 1 N–H and O–H groups in total. The Kier molecular flexibility index (Phi) is 11.0. The summed E-state index contributed by atoms with van der Waals surface area (Å²) in [5.74, 6) is 0.169. The van der Waals surface area contributed by atoms with E-state index in [-0.39, 0.29) is 42.9 Å². The largest absolute Gasteiger partial charge is 0.372 e. The summed E-state index contributed by atoms with van der Waals surface area (Å²) in [5.41, 5.74) is 0.938. The van der Waals surface area contributed by atoms with Gasteiger partial charge in [0, 0.05) is 19.0 Å². The van der Waals surface area contributed by atoms with Gasteiger partial charge in [-0.2, -0.15) is 0 Å². The highest BCUT2D eigenvalue weighted by molar-refractivity contribution is 7.09. The molecule has 5 nitrogen and oxygen atoms in total. The molecule has 1 saturated heterocycles. The molecule has 1 aliphatic heterocycles. The summed E-state index contributed by atoms with van der Waals surface area (Å²) < 4.78 is 5.55. The number of hydrogen-bond donors (Lipinski definition) is 1. The van der Waals surface area contributed by atoms with E-state index in [0.29, 0.717) is 13.2 Å². The van der Waals surface area contributed by atoms with E-state index in [2.05, 4.69) is 10.3 Å². The van der Waals surface area contributed by atoms with Crippen molar-refractivity contribution in [1.82, 2.24) is 15.2 Å². The van der Waals surface area contributed by atoms with Crippen LogP contribution in [0.25, 0.3) is 0 Å². The number of aromatic nitrogens is 1. The predicted octanol–water partition coefficient (Wildman–Crippen LogP) is 3.18. The van der Waals surface area contributed by atoms with Gasteiger partial charge in [0.15, 0.2) is 0 Å². The van der Waals surface area contributed by atoms with Crippen molar-refractivity contribution in [2.24, 2.45) is 0 Å². The van der Waals surface area contributed by atoms with Crippen LogP contribution in [0.1, 0.15) is 49.9 Å². The Morgan fingerprint density at radius 1 is 1.52 bits per heavy atom. The van der Waals surface area contributed by atoms with Gasteiger partial charge in [-0.05, 0) is 33.2 Å². The Morgan fingerprint density at radius 3 is 2.87 bits per heavy atom. The molecule has 23 heavy (non-hydrogen) atoms. The number of piperidine rings is 1. The first-order valence-electron chi connectivity index (χ1n) is 7.66. The topological polar surface area (TPSA) is 54.5 Å². The van der Waals surface area contributed by atoms with Crippen LogP contribution in [0.15, 0.2) is 5.38 Å². The molecule has 0 saturated carbocycles. The Labute approximate surface area is 155 Å². The lowest BCUT2D eigenvalue weighted by molar-refractivity contribution is -0.133. The van der Waals surface area contributed by atoms with Crippen LogP contribution in [0.3, 0.4) is 0 Å². The van der Waals surface area contributed by atoms with Crippen molar-refractivity contribution in [1.29, 1.82) is 0 Å². The van der Waals surface area contributed by atoms with Gasteiger partial charge in [-0.3, -0.25) is 4.79 Å². The summed E-state index contributed by atoms with van der Waals surface area (Å²) in [5, 5.41) is 6.29. The number of rotatable bonds is 6. The molecule has 2 heterocycles. The molecular weight excluding hydrogens is 357 g/mol. The molecule has 0 radical (unpaired) electrons. The van der Waals surface area contributed by atoms with E-state index in [1.165, 1.54) is 0 Å². The number of nitrogens with one attached hydrogen (secondary N) is 1. The van der Waals surface area contributed by atoms with Gasteiger partial charge in [0.25, 0.3) is 0 Å². The van der Waals surface area contributed by atoms with E-state index in [1.807, 2.05) is 26.3 Å². The maximum absolute atomic E-state index is 12.4. The highest BCUT2D eigenvalue weighted by Crippen LogP contribution is 2.22. The number of hydrogen-bond acceptors (Lipinski definition) is 5. The zero-order chi connectivity index (χ0) is 15.2. The second kappa shape index (κ2) is 11.2. The van der Waals surface area contributed by atoms with Gasteiger partial charge in [-0.25, -0.2) is 4.98 Å². The molecule has 1 aliphatic rings. The third-order valence-electron chi connectivity index (χ3n) is 3.72. The van der Waals surface area contributed by atoms with Gasteiger partial charge in [0.05, 0.1) is 18.3 Å². The molecule has 1 fully saturated rings. The van der Waals surface area contributed by atoms with Crippen LogP contribution >= 0.6 is 36.2 Å². The van der Waals surface area contributed by atoms with E-state index in [0.717, 1.165) is 36.5 Å². The molecule has 1 amide bonds. The first-order chi connectivity index (χ1) is 10.1. The molecule has 0 spiro atoms. The summed E-state index contributed by atoms with van der Waals surface area (Å²) in [6.07, 6.45) is 3.25. The number of nitrogens with zero attached hydrogens (tertiary/aromatic N) is 2. The molecule has 1 aromatic rings. The van der Waals surface area contributed by atoms with Gasteiger partial charge >= 0.3 is 0 Å². The van der Waals surface area contributed by atoms with Crippen LogP contribution in [0.2, 0.25) is 0 Å². The molecule has 0 bridgehead atoms. The second-order valence-electron chi connectivity index (χ2n) is 5.47. The SMILES string of the molecule is CCOC(C)c1nc(CN(C)C(=O)[C@H]2CCCCN2)cs1.Cl.Cl. The fourth-order valence-electron chi connectivity index (χ4n) is 2.55. The van der Waals surface area contributed by atoms with Crippen LogP contribution in [0.4, 0.5) is 0 Å². The maximum Gasteiger partial charge on any atom is 0.239 e. The fourth-order valence-corrected chi connectivity index (χ4v) is 3.37. The first kappa shape index (κ1) is 22.6. The minimum absolute atomic E-state index is 0. The summed E-state index contributed by atoms with van der Waals surface area (Å²) in [7, 11) is 1.85. The Morgan fingerprint density at radius 2 is 2.26 bits per heavy atom. The number of thiazole rings is 1. The quantitative estimate of drug-likeness (QED) is 0.819. The number of likely N-dealkylation sites (N-methyl/N-ethyl adjacent to an activating group) is 1. The molecule has 0 aliphatic carbocycles.